The van der Waals surface area contributed by atoms with E-state index in [1.807, 2.05) is 46.1 Å². The van der Waals surface area contributed by atoms with E-state index in [1.54, 1.807) is 0 Å². The van der Waals surface area contributed by atoms with Gasteiger partial charge in [0.25, 0.3) is 0 Å². The van der Waals surface area contributed by atoms with E-state index < -0.39 is 5.54 Å². The number of likely N-dealkylation sites (N-methyl/N-ethyl adjacent to an activating group) is 1. The third kappa shape index (κ3) is 10.2. The molecule has 0 N–H and O–H groups in total. The molecule has 107 valence electrons. The molecule has 0 fully saturated rings. The van der Waals surface area contributed by atoms with Gasteiger partial charge in [-0.3, -0.25) is 0 Å². The van der Waals surface area contributed by atoms with E-state index in [1.165, 1.54) is 0 Å². The van der Waals surface area contributed by atoms with Gasteiger partial charge in [0.15, 0.2) is 0 Å². The first-order valence-corrected chi connectivity index (χ1v) is 6.34. The van der Waals surface area contributed by atoms with Crippen LogP contribution < -0.4 is 0 Å². The van der Waals surface area contributed by atoms with E-state index in [9.17, 15) is 4.79 Å². The van der Waals surface area contributed by atoms with Crippen molar-refractivity contribution in [2.24, 2.45) is 5.92 Å². The fraction of sp³-hybridized carbons (Fsp3) is 0.733. The first-order chi connectivity index (χ1) is 7.68. The minimum Gasteiger partial charge on any atom is -0.344 e. The molecule has 0 saturated heterocycles. The van der Waals surface area contributed by atoms with Crippen molar-refractivity contribution >= 4 is 5.78 Å². The molecule has 2 nitrogen and oxygen atoms in total. The number of Topliss-reactive ketones (excluding diaryl/α,β-unsaturated/α-hetero) is 1. The van der Waals surface area contributed by atoms with Crippen LogP contribution in [0, 0.1) is 26.2 Å². The van der Waals surface area contributed by atoms with Crippen molar-refractivity contribution in [2.45, 2.75) is 59.5 Å². The number of carbonyl (C=O) groups excluding carboxylic acids is 1. The van der Waals surface area contributed by atoms with Crippen molar-refractivity contribution in [3.8, 4) is 0 Å². The summed E-state index contributed by atoms with van der Waals surface area (Å²) in [5, 5.41) is 0. The molecule has 1 radical (unpaired) electrons. The molecule has 4 heteroatoms. The second-order valence-electron chi connectivity index (χ2n) is 5.08. The van der Waals surface area contributed by atoms with Gasteiger partial charge >= 0.3 is 32.7 Å². The largest absolute Gasteiger partial charge is 3.00 e. The molecule has 0 aromatic heterocycles. The van der Waals surface area contributed by atoms with Crippen LogP contribution >= 0.6 is 0 Å². The third-order valence-electron chi connectivity index (χ3n) is 2.85. The van der Waals surface area contributed by atoms with Crippen LogP contribution in [-0.4, -0.2) is 29.3 Å². The van der Waals surface area contributed by atoms with Gasteiger partial charge in [0.1, 0.15) is 5.78 Å². The molecule has 0 aliphatic rings. The maximum atomic E-state index is 12.0. The van der Waals surface area contributed by atoms with Crippen molar-refractivity contribution in [3.63, 3.8) is 0 Å². The van der Waals surface area contributed by atoms with Crippen molar-refractivity contribution < 1.29 is 70.2 Å². The van der Waals surface area contributed by atoms with Gasteiger partial charge < -0.3 is 30.0 Å². The molecular formula is C15H30NOY2. The Bertz CT molecular complexity index is 220. The molecule has 0 saturated carbocycles. The van der Waals surface area contributed by atoms with Crippen LogP contribution in [0.2, 0.25) is 0 Å². The molecule has 0 aromatic rings. The fourth-order valence-electron chi connectivity index (χ4n) is 1.50. The van der Waals surface area contributed by atoms with Gasteiger partial charge in [-0.1, -0.05) is 19.4 Å². The zero-order valence-corrected chi connectivity index (χ0v) is 19.5. The van der Waals surface area contributed by atoms with Crippen LogP contribution in [0.4, 0.5) is 0 Å². The van der Waals surface area contributed by atoms with Crippen molar-refractivity contribution in [3.05, 3.63) is 20.3 Å². The van der Waals surface area contributed by atoms with Gasteiger partial charge in [0.2, 0.25) is 0 Å². The standard InChI is InChI=1S/C12H23NO.C3H7.2Y/c1-8-12(6,11(14)9(2)3)13(7)10(4)5;1-3-2;;/h9-10H,1,6,8H2,2-5,7H3;3H,1-2H3;;/q-2;-1;;+3. The average molecular weight is 418 g/mol. The summed E-state index contributed by atoms with van der Waals surface area (Å²) in [6.07, 6.45) is 2.51. The van der Waals surface area contributed by atoms with E-state index in [-0.39, 0.29) is 77.1 Å². The van der Waals surface area contributed by atoms with E-state index >= 15 is 0 Å². The zero-order valence-electron chi connectivity index (χ0n) is 13.9. The van der Waals surface area contributed by atoms with E-state index in [2.05, 4.69) is 27.7 Å². The number of nitrogens with zero attached hydrogens (tertiary/aromatic N) is 1. The first-order valence-electron chi connectivity index (χ1n) is 6.34. The zero-order chi connectivity index (χ0) is 14.2. The number of hydrogen-bond donors (Lipinski definition) is 0. The molecule has 0 heterocycles. The van der Waals surface area contributed by atoms with Gasteiger partial charge in [0, 0.05) is 44.7 Å². The minimum absolute atomic E-state index is 0. The Morgan fingerprint density at radius 2 is 1.58 bits per heavy atom. The second kappa shape index (κ2) is 14.8. The summed E-state index contributed by atoms with van der Waals surface area (Å²) in [4.78, 5) is 14.0. The summed E-state index contributed by atoms with van der Waals surface area (Å²) in [5.74, 6) is 0.180. The molecular weight excluding hydrogens is 388 g/mol. The molecule has 1 unspecified atom stereocenters. The Hall–Kier alpha value is 1.84. The van der Waals surface area contributed by atoms with Gasteiger partial charge in [-0.25, -0.2) is 0 Å². The molecule has 0 rings (SSSR count). The summed E-state index contributed by atoms with van der Waals surface area (Å²) in [6.45, 7) is 19.8. The summed E-state index contributed by atoms with van der Waals surface area (Å²) in [5.41, 5.74) is -0.664. The molecule has 0 spiro atoms. The van der Waals surface area contributed by atoms with Crippen molar-refractivity contribution in [1.29, 1.82) is 0 Å². The van der Waals surface area contributed by atoms with Crippen LogP contribution in [0.15, 0.2) is 0 Å². The third-order valence-corrected chi connectivity index (χ3v) is 2.85. The SMILES string of the molecule is C[CH-]C.[CH2-]CC([CH2-])(C(=O)C(C)C)N(C)C(C)C.[Y+3].[Y]. The van der Waals surface area contributed by atoms with Gasteiger partial charge in [-0.05, 0) is 20.9 Å². The summed E-state index contributed by atoms with van der Waals surface area (Å²) in [7, 11) is 1.93. The predicted molar refractivity (Wildman–Crippen MR) is 76.5 cm³/mol. The Morgan fingerprint density at radius 1 is 1.26 bits per heavy atom. The summed E-state index contributed by atoms with van der Waals surface area (Å²) >= 11 is 0. The number of hydrogen-bond acceptors (Lipinski definition) is 2. The van der Waals surface area contributed by atoms with Crippen LogP contribution in [0.1, 0.15) is 48.0 Å². The van der Waals surface area contributed by atoms with Gasteiger partial charge in [-0.15, -0.1) is 0 Å². The number of carbonyl (C=O) groups is 1. The predicted octanol–water partition coefficient (Wildman–Crippen LogP) is 3.57. The smallest absolute Gasteiger partial charge is 0.344 e. The van der Waals surface area contributed by atoms with Crippen LogP contribution in [-0.2, 0) is 70.2 Å². The Morgan fingerprint density at radius 3 is 1.74 bits per heavy atom. The molecule has 19 heavy (non-hydrogen) atoms. The molecule has 0 aromatic carbocycles. The van der Waals surface area contributed by atoms with Gasteiger partial charge in [0.05, 0.1) is 0 Å². The monoisotopic (exact) mass is 418 g/mol. The number of ketones is 1. The molecule has 0 bridgehead atoms. The topological polar surface area (TPSA) is 20.3 Å². The van der Waals surface area contributed by atoms with E-state index in [0.29, 0.717) is 12.5 Å². The maximum absolute atomic E-state index is 12.0. The van der Waals surface area contributed by atoms with Crippen molar-refractivity contribution in [1.82, 2.24) is 4.90 Å². The summed E-state index contributed by atoms with van der Waals surface area (Å²) in [6, 6.07) is 0.303. The van der Waals surface area contributed by atoms with Crippen LogP contribution in [0.5, 0.6) is 0 Å². The van der Waals surface area contributed by atoms with E-state index in [0.717, 1.165) is 0 Å². The summed E-state index contributed by atoms with van der Waals surface area (Å²) < 4.78 is 0. The minimum atomic E-state index is -0.664. The molecule has 1 atom stereocenters. The van der Waals surface area contributed by atoms with Gasteiger partial charge in [-0.2, -0.15) is 20.3 Å². The molecule has 0 aliphatic heterocycles. The van der Waals surface area contributed by atoms with E-state index in [4.69, 9.17) is 0 Å². The number of rotatable bonds is 5. The second-order valence-corrected chi connectivity index (χ2v) is 5.08. The Kier molecular flexibility index (Phi) is 22.5. The average Bonchev–Trinajstić information content (AvgIpc) is 2.26. The Labute approximate surface area is 172 Å². The normalized spacial score (nSPS) is 13.1. The van der Waals surface area contributed by atoms with Crippen LogP contribution in [0.25, 0.3) is 0 Å². The van der Waals surface area contributed by atoms with Crippen molar-refractivity contribution in [2.75, 3.05) is 7.05 Å². The molecule has 0 aliphatic carbocycles. The van der Waals surface area contributed by atoms with Crippen LogP contribution in [0.3, 0.4) is 0 Å². The Balaban J connectivity index is -0.000000204. The first kappa shape index (κ1) is 28.9. The molecule has 0 amide bonds. The fourth-order valence-corrected chi connectivity index (χ4v) is 1.50. The quantitative estimate of drug-likeness (QED) is 0.637. The maximum Gasteiger partial charge on any atom is 3.00 e.